The van der Waals surface area contributed by atoms with Crippen LogP contribution >= 0.6 is 0 Å². The van der Waals surface area contributed by atoms with E-state index in [-0.39, 0.29) is 10.9 Å². The summed E-state index contributed by atoms with van der Waals surface area (Å²) in [5.74, 6) is 0. The Balaban J connectivity index is 3.19. The average Bonchev–Trinajstić information content (AvgIpc) is 2.28. The number of hydrogen-bond donors (Lipinski definition) is 1. The Morgan fingerprint density at radius 1 is 1.47 bits per heavy atom. The maximum atomic E-state index is 12.1. The molecule has 0 heterocycles. The lowest BCUT2D eigenvalue weighted by atomic mass is 10.2. The highest BCUT2D eigenvalue weighted by Crippen LogP contribution is 2.17. The van der Waals surface area contributed by atoms with Crippen LogP contribution in [0.5, 0.6) is 0 Å². The van der Waals surface area contributed by atoms with E-state index in [1.165, 1.54) is 6.07 Å². The maximum Gasteiger partial charge on any atom is 0.241 e. The third-order valence-corrected chi connectivity index (χ3v) is 4.31. The molecule has 0 aliphatic carbocycles. The molecule has 92 valence electrons. The fraction of sp³-hybridized carbons (Fsp3) is 0.417. The zero-order chi connectivity index (χ0) is 13.1. The van der Waals surface area contributed by atoms with Gasteiger partial charge in [-0.3, -0.25) is 0 Å². The van der Waals surface area contributed by atoms with Crippen molar-refractivity contribution in [2.45, 2.75) is 38.1 Å². The Labute approximate surface area is 102 Å². The van der Waals surface area contributed by atoms with Gasteiger partial charge in [0.05, 0.1) is 16.5 Å². The lowest BCUT2D eigenvalue weighted by Crippen LogP contribution is -2.32. The summed E-state index contributed by atoms with van der Waals surface area (Å²) in [6, 6.07) is 6.48. The molecule has 0 aromatic heterocycles. The second-order valence-corrected chi connectivity index (χ2v) is 5.71. The van der Waals surface area contributed by atoms with Crippen molar-refractivity contribution in [1.29, 1.82) is 5.26 Å². The van der Waals surface area contributed by atoms with Crippen molar-refractivity contribution in [3.8, 4) is 6.07 Å². The molecule has 1 atom stereocenters. The molecule has 1 aromatic carbocycles. The third-order valence-electron chi connectivity index (χ3n) is 2.58. The molecular formula is C12H16N2O2S. The Hall–Kier alpha value is -1.38. The van der Waals surface area contributed by atoms with E-state index in [1.807, 2.05) is 13.0 Å². The molecule has 0 saturated carbocycles. The number of nitrogens with zero attached hydrogens (tertiary/aromatic N) is 1. The first kappa shape index (κ1) is 13.7. The number of hydrogen-bond acceptors (Lipinski definition) is 3. The maximum absolute atomic E-state index is 12.1. The molecule has 17 heavy (non-hydrogen) atoms. The van der Waals surface area contributed by atoms with Gasteiger partial charge in [0.1, 0.15) is 0 Å². The van der Waals surface area contributed by atoms with Gasteiger partial charge < -0.3 is 0 Å². The fourth-order valence-electron chi connectivity index (χ4n) is 1.37. The van der Waals surface area contributed by atoms with Crippen LogP contribution in [0, 0.1) is 18.3 Å². The van der Waals surface area contributed by atoms with Crippen molar-refractivity contribution in [1.82, 2.24) is 4.72 Å². The lowest BCUT2D eigenvalue weighted by molar-refractivity contribution is 0.555. The van der Waals surface area contributed by atoms with Crippen LogP contribution in [0.1, 0.15) is 31.4 Å². The van der Waals surface area contributed by atoms with E-state index < -0.39 is 10.0 Å². The van der Waals surface area contributed by atoms with E-state index in [0.29, 0.717) is 11.1 Å². The van der Waals surface area contributed by atoms with E-state index in [9.17, 15) is 8.42 Å². The molecule has 0 bridgehead atoms. The number of benzene rings is 1. The summed E-state index contributed by atoms with van der Waals surface area (Å²) in [6.45, 7) is 5.43. The molecule has 0 spiro atoms. The molecule has 4 nitrogen and oxygen atoms in total. The van der Waals surface area contributed by atoms with Crippen molar-refractivity contribution in [3.05, 3.63) is 29.3 Å². The minimum absolute atomic E-state index is 0.120. The average molecular weight is 252 g/mol. The zero-order valence-electron chi connectivity index (χ0n) is 10.2. The Morgan fingerprint density at radius 2 is 2.12 bits per heavy atom. The number of aryl methyl sites for hydroxylation is 1. The van der Waals surface area contributed by atoms with Gasteiger partial charge in [-0.25, -0.2) is 13.1 Å². The molecule has 1 aromatic rings. The molecule has 5 heteroatoms. The van der Waals surface area contributed by atoms with E-state index >= 15 is 0 Å². The van der Waals surface area contributed by atoms with Crippen molar-refractivity contribution in [2.24, 2.45) is 0 Å². The minimum Gasteiger partial charge on any atom is -0.208 e. The SMILES string of the molecule is CCC(C)NS(=O)(=O)c1cc(C#N)ccc1C. The van der Waals surface area contributed by atoms with Gasteiger partial charge in [0.25, 0.3) is 0 Å². The molecule has 1 rings (SSSR count). The molecule has 0 radical (unpaired) electrons. The standard InChI is InChI=1S/C12H16N2O2S/c1-4-10(3)14-17(15,16)12-7-11(8-13)6-5-9(12)2/h5-7,10,14H,4H2,1-3H3. The smallest absolute Gasteiger partial charge is 0.208 e. The summed E-state index contributed by atoms with van der Waals surface area (Å²) in [6.07, 6.45) is 0.718. The van der Waals surface area contributed by atoms with Gasteiger partial charge in [-0.15, -0.1) is 0 Å². The topological polar surface area (TPSA) is 70.0 Å². The fourth-order valence-corrected chi connectivity index (χ4v) is 2.97. The third kappa shape index (κ3) is 3.29. The van der Waals surface area contributed by atoms with E-state index in [4.69, 9.17) is 5.26 Å². The van der Waals surface area contributed by atoms with Crippen LogP contribution in [0.25, 0.3) is 0 Å². The molecule has 0 fully saturated rings. The second kappa shape index (κ2) is 5.30. The molecule has 0 amide bonds. The highest BCUT2D eigenvalue weighted by molar-refractivity contribution is 7.89. The summed E-state index contributed by atoms with van der Waals surface area (Å²) in [5.41, 5.74) is 0.986. The van der Waals surface area contributed by atoms with Gasteiger partial charge in [-0.2, -0.15) is 5.26 Å². The van der Waals surface area contributed by atoms with Gasteiger partial charge in [0.2, 0.25) is 10.0 Å². The number of nitriles is 1. The highest BCUT2D eigenvalue weighted by atomic mass is 32.2. The molecule has 1 N–H and O–H groups in total. The van der Waals surface area contributed by atoms with E-state index in [1.54, 1.807) is 26.0 Å². The monoisotopic (exact) mass is 252 g/mol. The largest absolute Gasteiger partial charge is 0.241 e. The van der Waals surface area contributed by atoms with Crippen LogP contribution < -0.4 is 4.72 Å². The van der Waals surface area contributed by atoms with Crippen LogP contribution in [0.2, 0.25) is 0 Å². The van der Waals surface area contributed by atoms with Crippen molar-refractivity contribution >= 4 is 10.0 Å². The highest BCUT2D eigenvalue weighted by Gasteiger charge is 2.19. The van der Waals surface area contributed by atoms with Crippen molar-refractivity contribution in [3.63, 3.8) is 0 Å². The summed E-state index contributed by atoms with van der Waals surface area (Å²) < 4.78 is 26.7. The number of sulfonamides is 1. The van der Waals surface area contributed by atoms with Crippen LogP contribution in [-0.2, 0) is 10.0 Å². The Kier molecular flexibility index (Phi) is 4.27. The summed E-state index contributed by atoms with van der Waals surface area (Å²) in [4.78, 5) is 0.178. The predicted molar refractivity (Wildman–Crippen MR) is 66.0 cm³/mol. The first-order chi connectivity index (χ1) is 7.90. The van der Waals surface area contributed by atoms with E-state index in [0.717, 1.165) is 6.42 Å². The molecule has 0 aliphatic rings. The van der Waals surface area contributed by atoms with Crippen LogP contribution in [0.4, 0.5) is 0 Å². The van der Waals surface area contributed by atoms with Crippen molar-refractivity contribution < 1.29 is 8.42 Å². The van der Waals surface area contributed by atoms with E-state index in [2.05, 4.69) is 4.72 Å². The number of rotatable bonds is 4. The minimum atomic E-state index is -3.54. The Morgan fingerprint density at radius 3 is 2.65 bits per heavy atom. The number of nitrogens with one attached hydrogen (secondary N) is 1. The van der Waals surface area contributed by atoms with Crippen molar-refractivity contribution in [2.75, 3.05) is 0 Å². The summed E-state index contributed by atoms with van der Waals surface area (Å²) >= 11 is 0. The Bertz CT molecular complexity index is 544. The second-order valence-electron chi connectivity index (χ2n) is 4.02. The summed E-state index contributed by atoms with van der Waals surface area (Å²) in [7, 11) is -3.54. The van der Waals surface area contributed by atoms with Crippen LogP contribution in [0.15, 0.2) is 23.1 Å². The van der Waals surface area contributed by atoms with Crippen LogP contribution in [0.3, 0.4) is 0 Å². The van der Waals surface area contributed by atoms with Gasteiger partial charge in [-0.05, 0) is 38.0 Å². The molecule has 1 unspecified atom stereocenters. The first-order valence-corrected chi connectivity index (χ1v) is 6.92. The van der Waals surface area contributed by atoms with Gasteiger partial charge in [0, 0.05) is 6.04 Å². The summed E-state index contributed by atoms with van der Waals surface area (Å²) in [5, 5.41) is 8.78. The van der Waals surface area contributed by atoms with Gasteiger partial charge in [-0.1, -0.05) is 13.0 Å². The molecular weight excluding hydrogens is 236 g/mol. The first-order valence-electron chi connectivity index (χ1n) is 5.43. The molecule has 0 saturated heterocycles. The van der Waals surface area contributed by atoms with Crippen LogP contribution in [-0.4, -0.2) is 14.5 Å². The normalized spacial score (nSPS) is 13.1. The van der Waals surface area contributed by atoms with Gasteiger partial charge in [0.15, 0.2) is 0 Å². The molecule has 0 aliphatic heterocycles. The quantitative estimate of drug-likeness (QED) is 0.890. The predicted octanol–water partition coefficient (Wildman–Crippen LogP) is 1.94. The van der Waals surface area contributed by atoms with Gasteiger partial charge >= 0.3 is 0 Å². The lowest BCUT2D eigenvalue weighted by Gasteiger charge is -2.13. The zero-order valence-corrected chi connectivity index (χ0v) is 11.0.